The fraction of sp³-hybridized carbons (Fsp3) is 0.412. The summed E-state index contributed by atoms with van der Waals surface area (Å²) in [4.78, 5) is 44.5. The number of hydrogen-bond donors (Lipinski definition) is 4. The summed E-state index contributed by atoms with van der Waals surface area (Å²) in [7, 11) is 1.58. The number of carbonyl (C=O) groups excluding carboxylic acids is 4. The van der Waals surface area contributed by atoms with E-state index >= 15 is 0 Å². The van der Waals surface area contributed by atoms with Crippen molar-refractivity contribution in [2.45, 2.75) is 31.7 Å². The first-order valence-electron chi connectivity index (χ1n) is 8.04. The van der Waals surface area contributed by atoms with Crippen molar-refractivity contribution < 1.29 is 19.2 Å². The molecule has 0 spiro atoms. The molecule has 0 aliphatic carbocycles. The highest BCUT2D eigenvalue weighted by atomic mass is 16.2. The van der Waals surface area contributed by atoms with Crippen molar-refractivity contribution in [3.63, 3.8) is 0 Å². The van der Waals surface area contributed by atoms with Gasteiger partial charge in [0.2, 0.25) is 18.2 Å². The zero-order valence-electron chi connectivity index (χ0n) is 14.2. The lowest BCUT2D eigenvalue weighted by atomic mass is 10.1. The van der Waals surface area contributed by atoms with Gasteiger partial charge in [-0.05, 0) is 37.0 Å². The van der Waals surface area contributed by atoms with Crippen LogP contribution < -0.4 is 21.7 Å². The Kier molecular flexibility index (Phi) is 8.70. The zero-order valence-corrected chi connectivity index (χ0v) is 14.2. The highest BCUT2D eigenvalue weighted by Gasteiger charge is 2.15. The van der Waals surface area contributed by atoms with Gasteiger partial charge in [-0.15, -0.1) is 0 Å². The monoisotopic (exact) mass is 348 g/mol. The van der Waals surface area contributed by atoms with E-state index in [2.05, 4.69) is 16.0 Å². The quantitative estimate of drug-likeness (QED) is 0.316. The Morgan fingerprint density at radius 2 is 1.88 bits per heavy atom. The molecule has 25 heavy (non-hydrogen) atoms. The van der Waals surface area contributed by atoms with Crippen LogP contribution in [0.15, 0.2) is 24.3 Å². The molecule has 0 aliphatic heterocycles. The van der Waals surface area contributed by atoms with Gasteiger partial charge in [0.25, 0.3) is 5.91 Å². The summed E-state index contributed by atoms with van der Waals surface area (Å²) >= 11 is 0. The van der Waals surface area contributed by atoms with Crippen LogP contribution >= 0.6 is 0 Å². The first-order chi connectivity index (χ1) is 12.0. The Labute approximate surface area is 146 Å². The predicted octanol–water partition coefficient (Wildman–Crippen LogP) is -0.525. The SMILES string of the molecule is CNC(=O)c1ccc(CCCNC(=O)CC[C@H](NC=O)C(N)=O)cc1. The Morgan fingerprint density at radius 1 is 1.20 bits per heavy atom. The molecule has 0 saturated heterocycles. The first-order valence-corrected chi connectivity index (χ1v) is 8.04. The van der Waals surface area contributed by atoms with E-state index in [4.69, 9.17) is 5.73 Å². The Hall–Kier alpha value is -2.90. The fourth-order valence-electron chi connectivity index (χ4n) is 2.24. The number of hydrogen-bond acceptors (Lipinski definition) is 4. The molecule has 1 atom stereocenters. The van der Waals surface area contributed by atoms with Crippen molar-refractivity contribution in [3.8, 4) is 0 Å². The minimum Gasteiger partial charge on any atom is -0.368 e. The Bertz CT molecular complexity index is 601. The molecule has 4 amide bonds. The Balaban J connectivity index is 2.26. The lowest BCUT2D eigenvalue weighted by Gasteiger charge is -2.11. The lowest BCUT2D eigenvalue weighted by Crippen LogP contribution is -2.41. The molecule has 1 aromatic carbocycles. The lowest BCUT2D eigenvalue weighted by molar-refractivity contribution is -0.124. The molecule has 0 unspecified atom stereocenters. The van der Waals surface area contributed by atoms with Gasteiger partial charge in [-0.25, -0.2) is 0 Å². The first kappa shape index (κ1) is 20.1. The van der Waals surface area contributed by atoms with Crippen LogP contribution in [0.1, 0.15) is 35.2 Å². The number of aryl methyl sites for hydroxylation is 1. The third-order valence-corrected chi connectivity index (χ3v) is 3.68. The summed E-state index contributed by atoms with van der Waals surface area (Å²) in [6.45, 7) is 0.498. The van der Waals surface area contributed by atoms with Crippen LogP contribution in [0.3, 0.4) is 0 Å². The maximum atomic E-state index is 11.7. The molecule has 0 radical (unpaired) electrons. The van der Waals surface area contributed by atoms with E-state index in [1.54, 1.807) is 19.2 Å². The van der Waals surface area contributed by atoms with Crippen molar-refractivity contribution in [2.24, 2.45) is 5.73 Å². The maximum absolute atomic E-state index is 11.7. The van der Waals surface area contributed by atoms with Crippen LogP contribution in [0.4, 0.5) is 0 Å². The van der Waals surface area contributed by atoms with Gasteiger partial charge >= 0.3 is 0 Å². The van der Waals surface area contributed by atoms with E-state index in [1.165, 1.54) is 0 Å². The van der Waals surface area contributed by atoms with Gasteiger partial charge in [-0.2, -0.15) is 0 Å². The highest BCUT2D eigenvalue weighted by molar-refractivity contribution is 5.93. The third kappa shape index (κ3) is 7.47. The predicted molar refractivity (Wildman–Crippen MR) is 92.6 cm³/mol. The average Bonchev–Trinajstić information content (AvgIpc) is 2.61. The van der Waals surface area contributed by atoms with Gasteiger partial charge in [0.05, 0.1) is 0 Å². The molecule has 5 N–H and O–H groups in total. The smallest absolute Gasteiger partial charge is 0.251 e. The van der Waals surface area contributed by atoms with E-state index in [9.17, 15) is 19.2 Å². The number of amides is 4. The summed E-state index contributed by atoms with van der Waals surface area (Å²) in [6, 6.07) is 6.46. The largest absolute Gasteiger partial charge is 0.368 e. The number of rotatable bonds is 11. The molecule has 8 heteroatoms. The summed E-state index contributed by atoms with van der Waals surface area (Å²) < 4.78 is 0. The van der Waals surface area contributed by atoms with Gasteiger partial charge in [0, 0.05) is 25.6 Å². The summed E-state index contributed by atoms with van der Waals surface area (Å²) in [5.41, 5.74) is 6.80. The molecule has 1 rings (SSSR count). The fourth-order valence-corrected chi connectivity index (χ4v) is 2.24. The molecule has 0 aromatic heterocycles. The van der Waals surface area contributed by atoms with Crippen LogP contribution in [0.25, 0.3) is 0 Å². The molecular weight excluding hydrogens is 324 g/mol. The van der Waals surface area contributed by atoms with Crippen LogP contribution in [0.5, 0.6) is 0 Å². The molecule has 1 aromatic rings. The third-order valence-electron chi connectivity index (χ3n) is 3.68. The zero-order chi connectivity index (χ0) is 18.7. The maximum Gasteiger partial charge on any atom is 0.251 e. The van der Waals surface area contributed by atoms with E-state index < -0.39 is 11.9 Å². The molecule has 0 saturated carbocycles. The van der Waals surface area contributed by atoms with E-state index in [0.717, 1.165) is 18.4 Å². The molecule has 0 bridgehead atoms. The van der Waals surface area contributed by atoms with Crippen molar-refractivity contribution in [1.29, 1.82) is 0 Å². The second-order valence-electron chi connectivity index (χ2n) is 5.51. The minimum absolute atomic E-state index is 0.106. The molecule has 0 fully saturated rings. The van der Waals surface area contributed by atoms with Crippen molar-refractivity contribution >= 4 is 24.1 Å². The second-order valence-corrected chi connectivity index (χ2v) is 5.51. The molecule has 136 valence electrons. The topological polar surface area (TPSA) is 130 Å². The van der Waals surface area contributed by atoms with Crippen LogP contribution in [0.2, 0.25) is 0 Å². The van der Waals surface area contributed by atoms with Gasteiger partial charge in [-0.3, -0.25) is 19.2 Å². The normalized spacial score (nSPS) is 11.2. The molecule has 0 heterocycles. The standard InChI is InChI=1S/C17H24N4O4/c1-19-17(25)13-6-4-12(5-7-13)3-2-10-20-15(23)9-8-14(16(18)24)21-11-22/h4-7,11,14H,2-3,8-10H2,1H3,(H2,18,24)(H,19,25)(H,20,23)(H,21,22)/t14-/m0/s1. The second kappa shape index (κ2) is 10.8. The average molecular weight is 348 g/mol. The van der Waals surface area contributed by atoms with Crippen molar-refractivity contribution in [2.75, 3.05) is 13.6 Å². The Morgan fingerprint density at radius 3 is 2.44 bits per heavy atom. The van der Waals surface area contributed by atoms with Gasteiger partial charge in [0.15, 0.2) is 0 Å². The summed E-state index contributed by atoms with van der Waals surface area (Å²) in [5, 5.41) is 7.60. The molecule has 8 nitrogen and oxygen atoms in total. The highest BCUT2D eigenvalue weighted by Crippen LogP contribution is 2.06. The number of carbonyl (C=O) groups is 4. The number of nitrogens with one attached hydrogen (secondary N) is 3. The van der Waals surface area contributed by atoms with E-state index in [1.807, 2.05) is 12.1 Å². The molecule has 0 aliphatic rings. The number of nitrogens with two attached hydrogens (primary N) is 1. The van der Waals surface area contributed by atoms with E-state index in [-0.39, 0.29) is 24.7 Å². The van der Waals surface area contributed by atoms with Crippen molar-refractivity contribution in [1.82, 2.24) is 16.0 Å². The van der Waals surface area contributed by atoms with Crippen molar-refractivity contribution in [3.05, 3.63) is 35.4 Å². The number of primary amides is 1. The van der Waals surface area contributed by atoms with Crippen LogP contribution in [-0.2, 0) is 20.8 Å². The summed E-state index contributed by atoms with van der Waals surface area (Å²) in [5.74, 6) is -0.994. The van der Waals surface area contributed by atoms with E-state index in [0.29, 0.717) is 18.5 Å². The summed E-state index contributed by atoms with van der Waals surface area (Å²) in [6.07, 6.45) is 2.18. The van der Waals surface area contributed by atoms with Crippen LogP contribution in [0, 0.1) is 0 Å². The van der Waals surface area contributed by atoms with Gasteiger partial charge in [0.1, 0.15) is 6.04 Å². The number of benzene rings is 1. The molecular formula is C17H24N4O4. The van der Waals surface area contributed by atoms with Crippen LogP contribution in [-0.4, -0.2) is 43.8 Å². The van der Waals surface area contributed by atoms with Gasteiger partial charge < -0.3 is 21.7 Å². The van der Waals surface area contributed by atoms with Gasteiger partial charge in [-0.1, -0.05) is 12.1 Å². The minimum atomic E-state index is -0.831.